The summed E-state index contributed by atoms with van der Waals surface area (Å²) < 4.78 is 21.9. The Morgan fingerprint density at radius 3 is 2.42 bits per heavy atom. The number of likely N-dealkylation sites (tertiary alicyclic amines) is 2. The molecule has 342 valence electrons. The summed E-state index contributed by atoms with van der Waals surface area (Å²) in [7, 11) is 2.63. The van der Waals surface area contributed by atoms with Gasteiger partial charge in [-0.3, -0.25) is 9.59 Å². The highest BCUT2D eigenvalue weighted by atomic mass is 16.5. The summed E-state index contributed by atoms with van der Waals surface area (Å²) in [6.07, 6.45) is 7.45. The fourth-order valence-electron chi connectivity index (χ4n) is 11.4. The van der Waals surface area contributed by atoms with Crippen molar-refractivity contribution >= 4 is 45.8 Å². The maximum absolute atomic E-state index is 14.4. The number of fused-ring (bicyclic) bond motifs is 7. The number of carbonyl (C=O) groups excluding carboxylic acids is 4. The molecule has 3 aromatic carbocycles. The summed E-state index contributed by atoms with van der Waals surface area (Å²) in [5, 5.41) is 7.65. The minimum absolute atomic E-state index is 0.0375. The van der Waals surface area contributed by atoms with Gasteiger partial charge in [0.15, 0.2) is 0 Å². The van der Waals surface area contributed by atoms with Gasteiger partial charge in [0, 0.05) is 36.2 Å². The number of amides is 4. The third-order valence-electron chi connectivity index (χ3n) is 14.8. The topological polar surface area (TPSA) is 193 Å². The lowest BCUT2D eigenvalue weighted by atomic mass is 9.90. The first-order valence-corrected chi connectivity index (χ1v) is 23.2. The number of aromatic nitrogens is 4. The van der Waals surface area contributed by atoms with Gasteiger partial charge in [0.05, 0.1) is 49.2 Å². The normalized spacial score (nSPS) is 23.8. The molecule has 0 radical (unpaired) electrons. The van der Waals surface area contributed by atoms with Crippen LogP contribution in [0.25, 0.3) is 44.2 Å². The molecular weight excluding hydrogens is 829 g/mol. The van der Waals surface area contributed by atoms with Crippen LogP contribution in [0.1, 0.15) is 101 Å². The van der Waals surface area contributed by atoms with Crippen LogP contribution in [-0.4, -0.2) is 105 Å². The first-order valence-electron chi connectivity index (χ1n) is 23.2. The Labute approximate surface area is 377 Å². The summed E-state index contributed by atoms with van der Waals surface area (Å²) in [6.45, 7) is 7.41. The lowest BCUT2D eigenvalue weighted by Crippen LogP contribution is -2.54. The average Bonchev–Trinajstić information content (AvgIpc) is 4.18. The van der Waals surface area contributed by atoms with Crippen LogP contribution in [0.4, 0.5) is 9.59 Å². The number of benzene rings is 3. The number of imidazole rings is 2. The third-order valence-corrected chi connectivity index (χ3v) is 14.8. The minimum Gasteiger partial charge on any atom is -0.488 e. The van der Waals surface area contributed by atoms with Gasteiger partial charge in [0.2, 0.25) is 11.8 Å². The molecule has 7 atom stereocenters. The number of aromatic amines is 2. The van der Waals surface area contributed by atoms with Gasteiger partial charge in [-0.25, -0.2) is 19.6 Å². The maximum Gasteiger partial charge on any atom is 0.407 e. The zero-order chi connectivity index (χ0) is 45.1. The molecule has 5 aromatic rings. The quantitative estimate of drug-likeness (QED) is 0.114. The van der Waals surface area contributed by atoms with Crippen LogP contribution < -0.4 is 15.4 Å². The van der Waals surface area contributed by atoms with Crippen molar-refractivity contribution in [3.05, 3.63) is 65.9 Å². The van der Waals surface area contributed by atoms with Gasteiger partial charge in [-0.15, -0.1) is 0 Å². The highest BCUT2D eigenvalue weighted by molar-refractivity contribution is 6.07. The third kappa shape index (κ3) is 7.72. The van der Waals surface area contributed by atoms with Crippen LogP contribution >= 0.6 is 0 Å². The van der Waals surface area contributed by atoms with E-state index >= 15 is 0 Å². The van der Waals surface area contributed by atoms with Crippen LogP contribution in [0.5, 0.6) is 5.75 Å². The average molecular weight is 887 g/mol. The second-order valence-electron chi connectivity index (χ2n) is 18.9. The van der Waals surface area contributed by atoms with Gasteiger partial charge in [-0.05, 0) is 116 Å². The van der Waals surface area contributed by atoms with E-state index in [0.29, 0.717) is 38.6 Å². The van der Waals surface area contributed by atoms with E-state index in [0.717, 1.165) is 106 Å². The predicted molar refractivity (Wildman–Crippen MR) is 242 cm³/mol. The molecule has 16 nitrogen and oxygen atoms in total. The van der Waals surface area contributed by atoms with Crippen molar-refractivity contribution in [2.75, 3.05) is 27.4 Å². The summed E-state index contributed by atoms with van der Waals surface area (Å²) in [5.74, 6) is 2.24. The van der Waals surface area contributed by atoms with Gasteiger partial charge in [-0.1, -0.05) is 38.5 Å². The minimum atomic E-state index is -0.721. The fraction of sp³-hybridized carbons (Fsp3) is 0.510. The second kappa shape index (κ2) is 17.3. The van der Waals surface area contributed by atoms with Crippen molar-refractivity contribution in [3.63, 3.8) is 0 Å². The van der Waals surface area contributed by atoms with E-state index in [2.05, 4.69) is 63.9 Å². The molecule has 16 heteroatoms. The van der Waals surface area contributed by atoms with Gasteiger partial charge >= 0.3 is 12.2 Å². The van der Waals surface area contributed by atoms with Gasteiger partial charge in [0.1, 0.15) is 36.1 Å². The lowest BCUT2D eigenvalue weighted by molar-refractivity contribution is -0.139. The molecule has 0 spiro atoms. The van der Waals surface area contributed by atoms with Crippen molar-refractivity contribution in [3.8, 4) is 28.1 Å². The Hall–Kier alpha value is -6.16. The molecule has 2 aromatic heterocycles. The molecule has 4 fully saturated rings. The first kappa shape index (κ1) is 42.8. The Morgan fingerprint density at radius 2 is 1.63 bits per heavy atom. The molecule has 5 aliphatic rings. The molecule has 1 aliphatic carbocycles. The zero-order valence-electron chi connectivity index (χ0n) is 37.6. The van der Waals surface area contributed by atoms with Crippen LogP contribution in [0.2, 0.25) is 0 Å². The molecule has 0 bridgehead atoms. The van der Waals surface area contributed by atoms with Crippen molar-refractivity contribution in [1.82, 2.24) is 40.4 Å². The van der Waals surface area contributed by atoms with Crippen LogP contribution in [-0.2, 0) is 30.4 Å². The molecule has 4 amide bonds. The fourth-order valence-corrected chi connectivity index (χ4v) is 11.4. The molecule has 65 heavy (non-hydrogen) atoms. The SMILES string of the molecule is COC(=O)NC(C(=O)N1[C@H](c2ncc(-c3ccc4c(c3)COc3cc5c(ccc6nc([C@@H]7CC[C@H](C)N7C(=O)[C@@H](NC(=O)OC)C7CCOCC7)[nH]c65)cc3-4)[nH]2)C[C@@H]2CCC[C@@H]21)C(C)C. The molecule has 4 N–H and O–H groups in total. The van der Waals surface area contributed by atoms with E-state index in [4.69, 9.17) is 28.9 Å². The lowest BCUT2D eigenvalue weighted by Gasteiger charge is -2.36. The summed E-state index contributed by atoms with van der Waals surface area (Å²) in [4.78, 5) is 74.4. The van der Waals surface area contributed by atoms with Crippen LogP contribution in [0.15, 0.2) is 48.7 Å². The Kier molecular flexibility index (Phi) is 11.4. The van der Waals surface area contributed by atoms with Crippen molar-refractivity contribution in [1.29, 1.82) is 0 Å². The van der Waals surface area contributed by atoms with Gasteiger partial charge in [0.25, 0.3) is 0 Å². The molecular formula is C49H58N8O8. The van der Waals surface area contributed by atoms with E-state index in [1.54, 1.807) is 0 Å². The second-order valence-corrected chi connectivity index (χ2v) is 18.9. The molecule has 1 unspecified atom stereocenters. The number of nitrogens with zero attached hydrogens (tertiary/aromatic N) is 4. The number of rotatable bonds is 9. The van der Waals surface area contributed by atoms with Crippen molar-refractivity contribution < 1.29 is 38.1 Å². The number of methoxy groups -OCH3 is 2. The van der Waals surface area contributed by atoms with Gasteiger partial charge < -0.3 is 49.3 Å². The largest absolute Gasteiger partial charge is 0.488 e. The van der Waals surface area contributed by atoms with Crippen molar-refractivity contribution in [2.45, 2.75) is 115 Å². The zero-order valence-corrected chi connectivity index (χ0v) is 37.6. The highest BCUT2D eigenvalue weighted by Crippen LogP contribution is 2.48. The van der Waals surface area contributed by atoms with E-state index in [9.17, 15) is 19.2 Å². The highest BCUT2D eigenvalue weighted by Gasteiger charge is 2.49. The van der Waals surface area contributed by atoms with E-state index in [1.165, 1.54) is 14.2 Å². The number of ether oxygens (including phenoxy) is 4. The van der Waals surface area contributed by atoms with E-state index < -0.39 is 24.3 Å². The Morgan fingerprint density at radius 1 is 0.831 bits per heavy atom. The molecule has 1 saturated carbocycles. The van der Waals surface area contributed by atoms with Gasteiger partial charge in [-0.2, -0.15) is 0 Å². The smallest absolute Gasteiger partial charge is 0.407 e. The molecule has 10 rings (SSSR count). The first-order chi connectivity index (χ1) is 31.5. The maximum atomic E-state index is 14.4. The van der Waals surface area contributed by atoms with Crippen molar-refractivity contribution in [2.24, 2.45) is 17.8 Å². The summed E-state index contributed by atoms with van der Waals surface area (Å²) >= 11 is 0. The van der Waals surface area contributed by atoms with E-state index in [-0.39, 0.29) is 47.8 Å². The molecule has 4 aliphatic heterocycles. The summed E-state index contributed by atoms with van der Waals surface area (Å²) in [6, 6.07) is 12.9. The number of alkyl carbamates (subject to hydrolysis) is 2. The number of hydrogen-bond acceptors (Lipinski definition) is 10. The number of hydrogen-bond donors (Lipinski definition) is 4. The Balaban J connectivity index is 0.906. The monoisotopic (exact) mass is 886 g/mol. The molecule has 6 heterocycles. The Bertz CT molecular complexity index is 2650. The van der Waals surface area contributed by atoms with Crippen LogP contribution in [0, 0.1) is 17.8 Å². The number of carbonyl (C=O) groups is 4. The van der Waals surface area contributed by atoms with Crippen LogP contribution in [0.3, 0.4) is 0 Å². The molecule has 3 saturated heterocycles. The summed E-state index contributed by atoms with van der Waals surface area (Å²) in [5.41, 5.74) is 6.66. The standard InChI is InChI=1S/C49H58N8O8/c1-25(2)41(54-48(60)62-4)46(58)57-37-8-6-7-30(37)21-39(57)44-50-23-36(52-44)29-10-12-32-31(19-29)24-65-40-22-33-28(20-34(32)40)11-13-35-43(33)53-45(51-35)38-14-9-26(3)56(38)47(59)42(55-49(61)63-5)27-15-17-64-18-16-27/h10-13,19-20,22-23,25-27,30,37-39,41-42H,6-9,14-18,21,24H2,1-5H3,(H,50,52)(H,51,53)(H,54,60)(H,55,61)/t26-,30-,37-,38-,39-,41?,42-/m0/s1. The predicted octanol–water partition coefficient (Wildman–Crippen LogP) is 7.69. The van der Waals surface area contributed by atoms with E-state index in [1.807, 2.05) is 35.9 Å². The number of H-pyrrole nitrogens is 2. The number of nitrogens with one attached hydrogen (secondary N) is 4.